The first-order chi connectivity index (χ1) is 10.2. The zero-order valence-corrected chi connectivity index (χ0v) is 13.4. The summed E-state index contributed by atoms with van der Waals surface area (Å²) < 4.78 is 1.90. The fourth-order valence-corrected chi connectivity index (χ4v) is 3.40. The molecule has 1 amide bonds. The summed E-state index contributed by atoms with van der Waals surface area (Å²) in [5.41, 5.74) is 0. The van der Waals surface area contributed by atoms with Gasteiger partial charge in [0.1, 0.15) is 6.33 Å². The Hall–Kier alpha value is -1.30. The Morgan fingerprint density at radius 2 is 2.24 bits per heavy atom. The average molecular weight is 308 g/mol. The normalized spacial score (nSPS) is 18.0. The van der Waals surface area contributed by atoms with E-state index >= 15 is 0 Å². The smallest absolute Gasteiger partial charge is 0.233 e. The minimum absolute atomic E-state index is 0.0973. The van der Waals surface area contributed by atoms with Crippen molar-refractivity contribution < 1.29 is 4.79 Å². The molecule has 21 heavy (non-hydrogen) atoms. The van der Waals surface area contributed by atoms with Gasteiger partial charge < -0.3 is 9.88 Å². The molecule has 1 aliphatic carbocycles. The van der Waals surface area contributed by atoms with E-state index in [1.165, 1.54) is 37.4 Å². The average Bonchev–Trinajstić information content (AvgIpc) is 2.74. The minimum Gasteiger partial charge on any atom is -0.352 e. The van der Waals surface area contributed by atoms with Crippen molar-refractivity contribution in [3.05, 3.63) is 19.0 Å². The second-order valence-electron chi connectivity index (χ2n) is 5.51. The Morgan fingerprint density at radius 3 is 2.90 bits per heavy atom. The monoisotopic (exact) mass is 308 g/mol. The van der Waals surface area contributed by atoms with E-state index < -0.39 is 0 Å². The molecule has 1 aliphatic rings. The highest BCUT2D eigenvalue weighted by Gasteiger charge is 2.21. The zero-order chi connectivity index (χ0) is 15.1. The van der Waals surface area contributed by atoms with Crippen molar-refractivity contribution >= 4 is 17.7 Å². The third-order valence-electron chi connectivity index (χ3n) is 3.76. The number of nitrogens with zero attached hydrogens (tertiary/aromatic N) is 3. The molecule has 0 saturated heterocycles. The van der Waals surface area contributed by atoms with Crippen LogP contribution in [0.4, 0.5) is 0 Å². The van der Waals surface area contributed by atoms with Crippen LogP contribution in [-0.2, 0) is 11.3 Å². The molecular weight excluding hydrogens is 284 g/mol. The predicted molar refractivity (Wildman–Crippen MR) is 85.2 cm³/mol. The minimum atomic E-state index is -0.166. The fourth-order valence-electron chi connectivity index (χ4n) is 2.55. The molecule has 0 spiro atoms. The Balaban J connectivity index is 1.86. The lowest BCUT2D eigenvalue weighted by atomic mass is 10.1. The van der Waals surface area contributed by atoms with Gasteiger partial charge in [0.05, 0.1) is 5.25 Å². The van der Waals surface area contributed by atoms with Gasteiger partial charge in [0, 0.05) is 12.6 Å². The van der Waals surface area contributed by atoms with E-state index in [4.69, 9.17) is 0 Å². The summed E-state index contributed by atoms with van der Waals surface area (Å²) >= 11 is 1.45. The summed E-state index contributed by atoms with van der Waals surface area (Å²) in [6.07, 6.45) is 10.7. The number of nitrogens with one attached hydrogen (secondary N) is 1. The number of hydrogen-bond acceptors (Lipinski definition) is 4. The summed E-state index contributed by atoms with van der Waals surface area (Å²) in [6, 6.07) is 0.342. The van der Waals surface area contributed by atoms with Gasteiger partial charge >= 0.3 is 0 Å². The molecular formula is C15H24N4OS. The van der Waals surface area contributed by atoms with Crippen LogP contribution in [0.1, 0.15) is 45.4 Å². The number of carbonyl (C=O) groups excluding carboxylic acids is 1. The molecule has 6 heteroatoms. The molecule has 5 nitrogen and oxygen atoms in total. The maximum Gasteiger partial charge on any atom is 0.233 e. The second-order valence-corrected chi connectivity index (χ2v) is 6.82. The molecule has 0 aromatic carbocycles. The largest absolute Gasteiger partial charge is 0.352 e. The molecule has 0 bridgehead atoms. The maximum atomic E-state index is 12.3. The van der Waals surface area contributed by atoms with Crippen LogP contribution >= 0.6 is 11.8 Å². The molecule has 1 unspecified atom stereocenters. The summed E-state index contributed by atoms with van der Waals surface area (Å²) in [5, 5.41) is 11.7. The third kappa shape index (κ3) is 4.88. The van der Waals surface area contributed by atoms with Crippen molar-refractivity contribution in [2.45, 2.75) is 68.4 Å². The van der Waals surface area contributed by atoms with Crippen LogP contribution in [0.25, 0.3) is 0 Å². The summed E-state index contributed by atoms with van der Waals surface area (Å²) in [6.45, 7) is 6.29. The fraction of sp³-hybridized carbons (Fsp3) is 0.667. The molecule has 1 aromatic heterocycles. The molecule has 2 rings (SSSR count). The maximum absolute atomic E-state index is 12.3. The molecule has 1 N–H and O–H groups in total. The molecule has 1 heterocycles. The molecule has 0 aliphatic heterocycles. The number of hydrogen-bond donors (Lipinski definition) is 1. The summed E-state index contributed by atoms with van der Waals surface area (Å²) in [7, 11) is 0. The molecule has 1 atom stereocenters. The van der Waals surface area contributed by atoms with Crippen molar-refractivity contribution in [2.75, 3.05) is 0 Å². The molecule has 0 radical (unpaired) electrons. The summed E-state index contributed by atoms with van der Waals surface area (Å²) in [4.78, 5) is 12.3. The van der Waals surface area contributed by atoms with Gasteiger partial charge in [-0.2, -0.15) is 0 Å². The lowest BCUT2D eigenvalue weighted by Crippen LogP contribution is -2.39. The Kier molecular flexibility index (Phi) is 6.29. The van der Waals surface area contributed by atoms with E-state index in [1.54, 1.807) is 12.4 Å². The quantitative estimate of drug-likeness (QED) is 0.499. The van der Waals surface area contributed by atoms with E-state index in [-0.39, 0.29) is 11.2 Å². The third-order valence-corrected chi connectivity index (χ3v) is 4.85. The van der Waals surface area contributed by atoms with Crippen LogP contribution in [0, 0.1) is 0 Å². The zero-order valence-electron chi connectivity index (χ0n) is 12.6. The first-order valence-electron chi connectivity index (χ1n) is 7.66. The van der Waals surface area contributed by atoms with Gasteiger partial charge in [-0.25, -0.2) is 0 Å². The lowest BCUT2D eigenvalue weighted by molar-refractivity contribution is -0.121. The van der Waals surface area contributed by atoms with Gasteiger partial charge in [0.15, 0.2) is 5.16 Å². The van der Waals surface area contributed by atoms with E-state index in [9.17, 15) is 4.79 Å². The topological polar surface area (TPSA) is 59.8 Å². The highest BCUT2D eigenvalue weighted by Crippen LogP contribution is 2.22. The number of thioether (sulfide) groups is 1. The van der Waals surface area contributed by atoms with Gasteiger partial charge in [0.2, 0.25) is 5.91 Å². The van der Waals surface area contributed by atoms with E-state index in [0.717, 1.165) is 18.0 Å². The van der Waals surface area contributed by atoms with Crippen molar-refractivity contribution in [1.29, 1.82) is 0 Å². The van der Waals surface area contributed by atoms with Crippen molar-refractivity contribution in [3.8, 4) is 0 Å². The summed E-state index contributed by atoms with van der Waals surface area (Å²) in [5.74, 6) is 0.0973. The van der Waals surface area contributed by atoms with E-state index in [1.807, 2.05) is 11.5 Å². The molecule has 116 valence electrons. The SMILES string of the molecule is C=CCn1cnnc1SC(C)C(=O)NC1CCCCCC1. The molecule has 1 fully saturated rings. The van der Waals surface area contributed by atoms with Gasteiger partial charge in [-0.3, -0.25) is 4.79 Å². The van der Waals surface area contributed by atoms with Crippen LogP contribution < -0.4 is 5.32 Å². The first kappa shape index (κ1) is 16.1. The van der Waals surface area contributed by atoms with Crippen LogP contribution in [0.2, 0.25) is 0 Å². The van der Waals surface area contributed by atoms with Crippen LogP contribution in [-0.4, -0.2) is 32.0 Å². The Labute approximate surface area is 130 Å². The molecule has 1 aromatic rings. The van der Waals surface area contributed by atoms with Crippen molar-refractivity contribution in [1.82, 2.24) is 20.1 Å². The van der Waals surface area contributed by atoms with Gasteiger partial charge in [0.25, 0.3) is 0 Å². The number of carbonyl (C=O) groups is 1. The number of amides is 1. The number of rotatable bonds is 6. The van der Waals surface area contributed by atoms with E-state index in [0.29, 0.717) is 12.6 Å². The van der Waals surface area contributed by atoms with Crippen molar-refractivity contribution in [3.63, 3.8) is 0 Å². The standard InChI is InChI=1S/C15H24N4OS/c1-3-10-19-11-16-18-15(19)21-12(2)14(20)17-13-8-6-4-5-7-9-13/h3,11-13H,1,4-10H2,2H3,(H,17,20). The second kappa shape index (κ2) is 8.22. The first-order valence-corrected chi connectivity index (χ1v) is 8.54. The van der Waals surface area contributed by atoms with Gasteiger partial charge in [-0.05, 0) is 19.8 Å². The van der Waals surface area contributed by atoms with Gasteiger partial charge in [-0.1, -0.05) is 43.5 Å². The Morgan fingerprint density at radius 1 is 1.52 bits per heavy atom. The van der Waals surface area contributed by atoms with Crippen LogP contribution in [0.3, 0.4) is 0 Å². The Bertz CT molecular complexity index is 466. The highest BCUT2D eigenvalue weighted by molar-refractivity contribution is 8.00. The highest BCUT2D eigenvalue weighted by atomic mass is 32.2. The van der Waals surface area contributed by atoms with E-state index in [2.05, 4.69) is 22.1 Å². The lowest BCUT2D eigenvalue weighted by Gasteiger charge is -2.19. The molecule has 1 saturated carbocycles. The van der Waals surface area contributed by atoms with Crippen LogP contribution in [0.15, 0.2) is 24.1 Å². The van der Waals surface area contributed by atoms with Crippen molar-refractivity contribution in [2.24, 2.45) is 0 Å². The predicted octanol–water partition coefficient (Wildman–Crippen LogP) is 2.78. The van der Waals surface area contributed by atoms with Gasteiger partial charge in [-0.15, -0.1) is 16.8 Å². The number of allylic oxidation sites excluding steroid dienone is 1. The number of aromatic nitrogens is 3. The van der Waals surface area contributed by atoms with Crippen LogP contribution in [0.5, 0.6) is 0 Å².